The van der Waals surface area contributed by atoms with Crippen LogP contribution in [0, 0.1) is 6.92 Å². The molecule has 0 aliphatic heterocycles. The van der Waals surface area contributed by atoms with Gasteiger partial charge in [-0.15, -0.1) is 0 Å². The fourth-order valence-electron chi connectivity index (χ4n) is 0.559. The molecule has 0 fully saturated rings. The van der Waals surface area contributed by atoms with E-state index in [9.17, 15) is 0 Å². The van der Waals surface area contributed by atoms with Gasteiger partial charge in [0.2, 0.25) is 0 Å². The molecular formula is C6H13O4. The maximum atomic E-state index is 8.88. The Bertz CT molecular complexity index is 83.8. The third-order valence-corrected chi connectivity index (χ3v) is 1.21. The molecule has 0 amide bonds. The van der Waals surface area contributed by atoms with Crippen LogP contribution in [0.1, 0.15) is 6.42 Å². The molecule has 0 bridgehead atoms. The molecule has 0 aromatic carbocycles. The largest absolute Gasteiger partial charge is 0.396 e. The lowest BCUT2D eigenvalue weighted by Gasteiger charge is -2.18. The van der Waals surface area contributed by atoms with Gasteiger partial charge in [-0.3, -0.25) is 0 Å². The van der Waals surface area contributed by atoms with Crippen molar-refractivity contribution in [3.63, 3.8) is 0 Å². The summed E-state index contributed by atoms with van der Waals surface area (Å²) >= 11 is 0. The first-order chi connectivity index (χ1) is 4.59. The minimum Gasteiger partial charge on any atom is -0.396 e. The highest BCUT2D eigenvalue weighted by atomic mass is 16.4. The maximum Gasteiger partial charge on any atom is 0.106 e. The molecule has 0 aliphatic carbocycles. The monoisotopic (exact) mass is 149 g/mol. The van der Waals surface area contributed by atoms with Gasteiger partial charge in [0.25, 0.3) is 0 Å². The van der Waals surface area contributed by atoms with Crippen LogP contribution in [0.25, 0.3) is 0 Å². The lowest BCUT2D eigenvalue weighted by Crippen LogP contribution is -2.36. The second-order valence-corrected chi connectivity index (χ2v) is 2.14. The second-order valence-electron chi connectivity index (χ2n) is 2.14. The van der Waals surface area contributed by atoms with Crippen molar-refractivity contribution < 1.29 is 20.4 Å². The van der Waals surface area contributed by atoms with Crippen molar-refractivity contribution in [2.75, 3.05) is 6.61 Å². The quantitative estimate of drug-likeness (QED) is 0.383. The van der Waals surface area contributed by atoms with Crippen LogP contribution in [0.5, 0.6) is 0 Å². The van der Waals surface area contributed by atoms with E-state index < -0.39 is 18.3 Å². The molecule has 3 unspecified atom stereocenters. The van der Waals surface area contributed by atoms with Gasteiger partial charge < -0.3 is 20.4 Å². The third kappa shape index (κ3) is 3.12. The second kappa shape index (κ2) is 4.62. The van der Waals surface area contributed by atoms with Crippen molar-refractivity contribution in [2.24, 2.45) is 0 Å². The summed E-state index contributed by atoms with van der Waals surface area (Å²) in [4.78, 5) is 0. The molecule has 1 radical (unpaired) electrons. The lowest BCUT2D eigenvalue weighted by molar-refractivity contribution is -0.0497. The molecule has 0 saturated heterocycles. The number of hydrogen-bond donors (Lipinski definition) is 4. The van der Waals surface area contributed by atoms with E-state index in [0.29, 0.717) is 0 Å². The Morgan fingerprint density at radius 2 is 1.70 bits per heavy atom. The third-order valence-electron chi connectivity index (χ3n) is 1.21. The molecule has 0 aromatic heterocycles. The molecule has 61 valence electrons. The van der Waals surface area contributed by atoms with Gasteiger partial charge >= 0.3 is 0 Å². The van der Waals surface area contributed by atoms with Crippen molar-refractivity contribution in [3.8, 4) is 0 Å². The summed E-state index contributed by atoms with van der Waals surface area (Å²) in [5.41, 5.74) is 0. The summed E-state index contributed by atoms with van der Waals surface area (Å²) in [5.74, 6) is 0. The summed E-state index contributed by atoms with van der Waals surface area (Å²) in [6, 6.07) is 0. The Hall–Kier alpha value is -0.160. The number of hydrogen-bond acceptors (Lipinski definition) is 4. The molecule has 0 spiro atoms. The fourth-order valence-corrected chi connectivity index (χ4v) is 0.559. The van der Waals surface area contributed by atoms with E-state index in [1.54, 1.807) is 0 Å². The van der Waals surface area contributed by atoms with Crippen molar-refractivity contribution in [2.45, 2.75) is 24.7 Å². The normalized spacial score (nSPS) is 20.1. The zero-order valence-electron chi connectivity index (χ0n) is 5.64. The summed E-state index contributed by atoms with van der Waals surface area (Å²) in [5, 5.41) is 34.6. The van der Waals surface area contributed by atoms with Gasteiger partial charge in [-0.25, -0.2) is 0 Å². The van der Waals surface area contributed by atoms with Crippen LogP contribution in [0.15, 0.2) is 0 Å². The smallest absolute Gasteiger partial charge is 0.106 e. The van der Waals surface area contributed by atoms with Gasteiger partial charge in [0.1, 0.15) is 6.10 Å². The SMILES string of the molecule is [CH2]C(O)C(O)C(O)CCO. The van der Waals surface area contributed by atoms with Crippen LogP contribution in [-0.2, 0) is 0 Å². The topological polar surface area (TPSA) is 80.9 Å². The van der Waals surface area contributed by atoms with Crippen molar-refractivity contribution in [3.05, 3.63) is 6.92 Å². The molecule has 4 nitrogen and oxygen atoms in total. The molecule has 10 heavy (non-hydrogen) atoms. The van der Waals surface area contributed by atoms with E-state index in [1.807, 2.05) is 0 Å². The van der Waals surface area contributed by atoms with E-state index in [4.69, 9.17) is 20.4 Å². The first kappa shape index (κ1) is 9.84. The summed E-state index contributed by atoms with van der Waals surface area (Å²) in [6.45, 7) is 2.89. The Morgan fingerprint density at radius 1 is 1.20 bits per heavy atom. The predicted molar refractivity (Wildman–Crippen MR) is 35.1 cm³/mol. The van der Waals surface area contributed by atoms with Crippen LogP contribution in [-0.4, -0.2) is 45.3 Å². The van der Waals surface area contributed by atoms with Gasteiger partial charge in [0.05, 0.1) is 12.2 Å². The van der Waals surface area contributed by atoms with Crippen LogP contribution in [0.3, 0.4) is 0 Å². The minimum atomic E-state index is -1.27. The van der Waals surface area contributed by atoms with Crippen LogP contribution >= 0.6 is 0 Å². The van der Waals surface area contributed by atoms with E-state index >= 15 is 0 Å². The molecule has 0 saturated carbocycles. The van der Waals surface area contributed by atoms with Gasteiger partial charge in [-0.2, -0.15) is 0 Å². The minimum absolute atomic E-state index is 0.0494. The highest BCUT2D eigenvalue weighted by Gasteiger charge is 2.19. The Morgan fingerprint density at radius 3 is 2.00 bits per heavy atom. The van der Waals surface area contributed by atoms with E-state index in [1.165, 1.54) is 0 Å². The molecule has 3 atom stereocenters. The molecule has 0 heterocycles. The van der Waals surface area contributed by atoms with E-state index in [-0.39, 0.29) is 13.0 Å². The van der Waals surface area contributed by atoms with E-state index in [0.717, 1.165) is 0 Å². The van der Waals surface area contributed by atoms with Crippen LogP contribution < -0.4 is 0 Å². The number of aliphatic hydroxyl groups excluding tert-OH is 4. The Balaban J connectivity index is 3.58. The van der Waals surface area contributed by atoms with Crippen LogP contribution in [0.2, 0.25) is 0 Å². The highest BCUT2D eigenvalue weighted by Crippen LogP contribution is 2.01. The molecule has 0 aromatic rings. The Labute approximate surface area is 59.7 Å². The lowest BCUT2D eigenvalue weighted by atomic mass is 10.1. The standard InChI is InChI=1S/C6H13O4/c1-4(8)6(10)5(9)2-3-7/h4-10H,1-3H2. The molecular weight excluding hydrogens is 136 g/mol. The molecule has 0 aliphatic rings. The predicted octanol–water partition coefficient (Wildman–Crippen LogP) is -1.71. The van der Waals surface area contributed by atoms with Gasteiger partial charge in [-0.1, -0.05) is 0 Å². The number of rotatable bonds is 4. The van der Waals surface area contributed by atoms with Gasteiger partial charge in [0.15, 0.2) is 0 Å². The first-order valence-corrected chi connectivity index (χ1v) is 3.07. The zero-order chi connectivity index (χ0) is 8.15. The molecule has 4 N–H and O–H groups in total. The van der Waals surface area contributed by atoms with Crippen molar-refractivity contribution in [1.29, 1.82) is 0 Å². The van der Waals surface area contributed by atoms with Crippen molar-refractivity contribution in [1.82, 2.24) is 0 Å². The average molecular weight is 149 g/mol. The maximum absolute atomic E-state index is 8.88. The van der Waals surface area contributed by atoms with Gasteiger partial charge in [0, 0.05) is 6.61 Å². The molecule has 0 rings (SSSR count). The highest BCUT2D eigenvalue weighted by molar-refractivity contribution is 4.75. The van der Waals surface area contributed by atoms with Crippen molar-refractivity contribution >= 4 is 0 Å². The summed E-state index contributed by atoms with van der Waals surface area (Å²) < 4.78 is 0. The summed E-state index contributed by atoms with van der Waals surface area (Å²) in [6.07, 6.45) is -3.53. The fraction of sp³-hybridized carbons (Fsp3) is 0.833. The molecule has 4 heteroatoms. The van der Waals surface area contributed by atoms with E-state index in [2.05, 4.69) is 6.92 Å². The van der Waals surface area contributed by atoms with Crippen LogP contribution in [0.4, 0.5) is 0 Å². The first-order valence-electron chi connectivity index (χ1n) is 3.07. The summed E-state index contributed by atoms with van der Waals surface area (Å²) in [7, 11) is 0. The Kier molecular flexibility index (Phi) is 4.55. The van der Waals surface area contributed by atoms with Gasteiger partial charge in [-0.05, 0) is 13.3 Å². The zero-order valence-corrected chi connectivity index (χ0v) is 5.64. The average Bonchev–Trinajstić information content (AvgIpc) is 1.87. The number of aliphatic hydroxyl groups is 4.